The quantitative estimate of drug-likeness (QED) is 0.362. The van der Waals surface area contributed by atoms with Crippen LogP contribution < -0.4 is 9.82 Å². The third-order valence-electron chi connectivity index (χ3n) is 9.42. The molecule has 2 saturated carbocycles. The van der Waals surface area contributed by atoms with E-state index in [1.54, 1.807) is 7.11 Å². The maximum Gasteiger partial charge on any atom is 0.344 e. The van der Waals surface area contributed by atoms with E-state index in [2.05, 4.69) is 30.2 Å². The first-order chi connectivity index (χ1) is 15.9. The van der Waals surface area contributed by atoms with Crippen molar-refractivity contribution in [3.05, 3.63) is 29.3 Å². The molecular weight excluding hydrogens is 478 g/mol. The molecule has 0 bridgehead atoms. The predicted octanol–water partition coefficient (Wildman–Crippen LogP) is 6.19. The Balaban J connectivity index is 1.42. The van der Waals surface area contributed by atoms with E-state index in [1.807, 2.05) is 4.67 Å². The summed E-state index contributed by atoms with van der Waals surface area (Å²) in [6.45, 7) is 4.18. The Morgan fingerprint density at radius 2 is 1.97 bits per heavy atom. The number of ether oxygens (including phenoxy) is 1. The molecule has 0 radical (unpaired) electrons. The first-order valence-corrected chi connectivity index (χ1v) is 15.1. The first kappa shape index (κ1) is 24.4. The van der Waals surface area contributed by atoms with Crippen LogP contribution >= 0.6 is 30.9 Å². The van der Waals surface area contributed by atoms with Gasteiger partial charge in [-0.2, -0.15) is 0 Å². The molecule has 8 heteroatoms. The standard InChI is InChI=1S/C25H37Cl2N2O3P/c1-24-9-7-21-20-6-4-19(31-2)17-18(20)3-5-22(21)23(24)8-10-25(24)11-14-28-33(30,32-25)29(15-12-26)16-13-27/h4,6,17,21-23H,3,5,7-16H2,1-2H3,(H,28,30)/t21-,22-,23-,24-,25+,33+/m1/s1. The van der Waals surface area contributed by atoms with E-state index < -0.39 is 7.67 Å². The van der Waals surface area contributed by atoms with E-state index in [4.69, 9.17) is 32.5 Å². The van der Waals surface area contributed by atoms with Crippen molar-refractivity contribution in [2.24, 2.45) is 17.3 Å². The van der Waals surface area contributed by atoms with Crippen molar-refractivity contribution in [3.63, 3.8) is 0 Å². The zero-order valence-electron chi connectivity index (χ0n) is 19.8. The Morgan fingerprint density at radius 1 is 1.18 bits per heavy atom. The summed E-state index contributed by atoms with van der Waals surface area (Å²) < 4.78 is 28.2. The van der Waals surface area contributed by atoms with Gasteiger partial charge in [-0.25, -0.2) is 9.76 Å². The third-order valence-corrected chi connectivity index (χ3v) is 12.1. The first-order valence-electron chi connectivity index (χ1n) is 12.5. The van der Waals surface area contributed by atoms with Gasteiger partial charge in [-0.1, -0.05) is 13.0 Å². The maximum atomic E-state index is 14.1. The average Bonchev–Trinajstić information content (AvgIpc) is 3.09. The fourth-order valence-electron chi connectivity index (χ4n) is 7.78. The van der Waals surface area contributed by atoms with Crippen LogP contribution in [0.4, 0.5) is 0 Å². The van der Waals surface area contributed by atoms with Gasteiger partial charge in [0.2, 0.25) is 0 Å². The minimum absolute atomic E-state index is 0.0451. The summed E-state index contributed by atoms with van der Waals surface area (Å²) in [5, 5.41) is 3.24. The Hall–Kier alpha value is -0.290. The molecule has 3 fully saturated rings. The fraction of sp³-hybridized carbons (Fsp3) is 0.760. The molecule has 1 aromatic carbocycles. The molecule has 1 spiro atoms. The summed E-state index contributed by atoms with van der Waals surface area (Å²) >= 11 is 12.1. The molecule has 0 unspecified atom stereocenters. The monoisotopic (exact) mass is 514 g/mol. The van der Waals surface area contributed by atoms with Gasteiger partial charge < -0.3 is 4.74 Å². The molecule has 6 atom stereocenters. The molecule has 1 saturated heterocycles. The van der Waals surface area contributed by atoms with Gasteiger partial charge >= 0.3 is 7.67 Å². The second-order valence-electron chi connectivity index (χ2n) is 10.6. The van der Waals surface area contributed by atoms with Crippen molar-refractivity contribution in [2.45, 2.75) is 63.4 Å². The average molecular weight is 515 g/mol. The second kappa shape index (κ2) is 9.30. The number of nitrogens with zero attached hydrogens (tertiary/aromatic N) is 1. The molecule has 0 aromatic heterocycles. The minimum Gasteiger partial charge on any atom is -0.497 e. The third kappa shape index (κ3) is 3.90. The largest absolute Gasteiger partial charge is 0.497 e. The number of benzene rings is 1. The van der Waals surface area contributed by atoms with E-state index in [0.717, 1.165) is 44.4 Å². The molecule has 1 heterocycles. The van der Waals surface area contributed by atoms with Crippen LogP contribution in [0.1, 0.15) is 62.5 Å². The van der Waals surface area contributed by atoms with E-state index in [0.29, 0.717) is 42.6 Å². The fourth-order valence-corrected chi connectivity index (χ4v) is 10.8. The lowest BCUT2D eigenvalue weighted by Crippen LogP contribution is -2.56. The number of alkyl halides is 2. The number of fused-ring (bicyclic) bond motifs is 6. The lowest BCUT2D eigenvalue weighted by Gasteiger charge is -2.56. The van der Waals surface area contributed by atoms with E-state index in [-0.39, 0.29) is 11.0 Å². The SMILES string of the molecule is COc1ccc2c(c1)CC[C@@H]1[C@@H]2CC[C@]2(C)[C@@H]1CC[C@]21CCN[P@@](=O)(N(CCCl)CCCl)O1. The topological polar surface area (TPSA) is 50.8 Å². The Morgan fingerprint density at radius 3 is 2.70 bits per heavy atom. The van der Waals surface area contributed by atoms with Gasteiger partial charge in [0, 0.05) is 36.8 Å². The van der Waals surface area contributed by atoms with Gasteiger partial charge in [0.05, 0.1) is 12.7 Å². The number of halogens is 2. The van der Waals surface area contributed by atoms with Gasteiger partial charge in [-0.15, -0.1) is 23.2 Å². The molecule has 33 heavy (non-hydrogen) atoms. The van der Waals surface area contributed by atoms with Gasteiger partial charge in [0.1, 0.15) is 5.75 Å². The van der Waals surface area contributed by atoms with Crippen LogP contribution in [0.2, 0.25) is 0 Å². The van der Waals surface area contributed by atoms with Gasteiger partial charge in [0.25, 0.3) is 0 Å². The molecule has 1 aromatic rings. The molecule has 3 aliphatic carbocycles. The normalized spacial score (nSPS) is 39.8. The van der Waals surface area contributed by atoms with Gasteiger partial charge in [-0.05, 0) is 86.0 Å². The number of aryl methyl sites for hydroxylation is 1. The Bertz CT molecular complexity index is 927. The van der Waals surface area contributed by atoms with Crippen LogP contribution in [-0.2, 0) is 15.5 Å². The zero-order valence-corrected chi connectivity index (χ0v) is 22.2. The smallest absolute Gasteiger partial charge is 0.344 e. The summed E-state index contributed by atoms with van der Waals surface area (Å²) in [5.41, 5.74) is 2.71. The van der Waals surface area contributed by atoms with Crippen LogP contribution in [0.25, 0.3) is 0 Å². The van der Waals surface area contributed by atoms with Crippen LogP contribution in [0.15, 0.2) is 18.2 Å². The van der Waals surface area contributed by atoms with E-state index in [1.165, 1.54) is 24.0 Å². The van der Waals surface area contributed by atoms with Gasteiger partial charge in [0.15, 0.2) is 0 Å². The van der Waals surface area contributed by atoms with Crippen molar-refractivity contribution in [1.29, 1.82) is 0 Å². The van der Waals surface area contributed by atoms with Crippen molar-refractivity contribution in [1.82, 2.24) is 9.76 Å². The number of rotatable bonds is 6. The molecule has 1 aliphatic heterocycles. The summed E-state index contributed by atoms with van der Waals surface area (Å²) in [6.07, 6.45) is 7.71. The Kier molecular flexibility index (Phi) is 6.88. The zero-order chi connectivity index (χ0) is 23.3. The lowest BCUT2D eigenvalue weighted by atomic mass is 9.53. The highest BCUT2D eigenvalue weighted by molar-refractivity contribution is 7.54. The molecule has 0 amide bonds. The molecular formula is C25H37Cl2N2O3P. The highest BCUT2D eigenvalue weighted by Gasteiger charge is 2.65. The molecule has 4 aliphatic rings. The van der Waals surface area contributed by atoms with Gasteiger partial charge in [-0.3, -0.25) is 9.09 Å². The van der Waals surface area contributed by atoms with Crippen LogP contribution in [0.5, 0.6) is 5.75 Å². The van der Waals surface area contributed by atoms with Crippen LogP contribution in [-0.4, -0.2) is 48.8 Å². The maximum absolute atomic E-state index is 14.1. The van der Waals surface area contributed by atoms with Crippen molar-refractivity contribution < 1.29 is 13.8 Å². The summed E-state index contributed by atoms with van der Waals surface area (Å²) in [6, 6.07) is 6.67. The number of hydrogen-bond acceptors (Lipinski definition) is 3. The Labute approximate surface area is 208 Å². The minimum atomic E-state index is -3.18. The summed E-state index contributed by atoms with van der Waals surface area (Å²) in [5.74, 6) is 3.67. The predicted molar refractivity (Wildman–Crippen MR) is 135 cm³/mol. The summed E-state index contributed by atoms with van der Waals surface area (Å²) in [7, 11) is -1.43. The molecule has 1 N–H and O–H groups in total. The number of hydrogen-bond donors (Lipinski definition) is 1. The van der Waals surface area contributed by atoms with Crippen molar-refractivity contribution >= 4 is 30.9 Å². The van der Waals surface area contributed by atoms with Crippen molar-refractivity contribution in [3.8, 4) is 5.75 Å². The van der Waals surface area contributed by atoms with E-state index in [9.17, 15) is 4.57 Å². The van der Waals surface area contributed by atoms with Crippen LogP contribution in [0.3, 0.4) is 0 Å². The lowest BCUT2D eigenvalue weighted by molar-refractivity contribution is -0.0990. The number of methoxy groups -OCH3 is 1. The number of nitrogens with one attached hydrogen (secondary N) is 1. The highest BCUT2D eigenvalue weighted by Crippen LogP contribution is 2.70. The molecule has 5 nitrogen and oxygen atoms in total. The van der Waals surface area contributed by atoms with Crippen LogP contribution in [0, 0.1) is 17.3 Å². The molecule has 184 valence electrons. The highest BCUT2D eigenvalue weighted by atomic mass is 35.5. The summed E-state index contributed by atoms with van der Waals surface area (Å²) in [4.78, 5) is 0. The second-order valence-corrected chi connectivity index (χ2v) is 13.4. The van der Waals surface area contributed by atoms with Crippen molar-refractivity contribution in [2.75, 3.05) is 38.5 Å². The van der Waals surface area contributed by atoms with E-state index >= 15 is 0 Å². The molecule has 5 rings (SSSR count).